The second-order valence-corrected chi connectivity index (χ2v) is 12.3. The van der Waals surface area contributed by atoms with E-state index in [0.717, 1.165) is 38.4 Å². The summed E-state index contributed by atoms with van der Waals surface area (Å²) < 4.78 is 11.8. The predicted octanol–water partition coefficient (Wildman–Crippen LogP) is 5.73. The normalized spacial score (nSPS) is 45.2. The molecule has 0 aromatic carbocycles. The van der Waals surface area contributed by atoms with Crippen LogP contribution in [0.3, 0.4) is 0 Å². The lowest BCUT2D eigenvalue weighted by Crippen LogP contribution is -2.60. The molecule has 0 heterocycles. The van der Waals surface area contributed by atoms with Gasteiger partial charge in [-0.05, 0) is 98.2 Å². The van der Waals surface area contributed by atoms with Gasteiger partial charge in [-0.1, -0.05) is 20.8 Å². The Bertz CT molecular complexity index is 763. The van der Waals surface area contributed by atoms with Gasteiger partial charge >= 0.3 is 11.9 Å². The molecule has 4 aliphatic carbocycles. The lowest BCUT2D eigenvalue weighted by Gasteiger charge is -2.63. The number of carbonyl (C=O) groups is 3. The molecule has 0 aromatic heterocycles. The number of carbonyl (C=O) groups excluding carboxylic acids is 3. The Labute approximate surface area is 199 Å². The van der Waals surface area contributed by atoms with Crippen molar-refractivity contribution in [2.75, 3.05) is 0 Å². The van der Waals surface area contributed by atoms with Crippen molar-refractivity contribution in [1.29, 1.82) is 0 Å². The molecule has 0 spiro atoms. The van der Waals surface area contributed by atoms with Crippen molar-refractivity contribution in [1.82, 2.24) is 0 Å². The summed E-state index contributed by atoms with van der Waals surface area (Å²) in [6.45, 7) is 10.3. The average Bonchev–Trinajstić information content (AvgIpc) is 3.08. The van der Waals surface area contributed by atoms with Crippen LogP contribution in [0.1, 0.15) is 98.8 Å². The number of hydrogen-bond donors (Lipinski definition) is 0. The van der Waals surface area contributed by atoms with Crippen molar-refractivity contribution >= 4 is 18.2 Å². The number of aldehydes is 1. The van der Waals surface area contributed by atoms with Gasteiger partial charge in [0.25, 0.3) is 0 Å². The molecule has 33 heavy (non-hydrogen) atoms. The van der Waals surface area contributed by atoms with E-state index in [-0.39, 0.29) is 35.0 Å². The third kappa shape index (κ3) is 4.38. The van der Waals surface area contributed by atoms with Crippen LogP contribution in [0.4, 0.5) is 0 Å². The molecule has 3 unspecified atom stereocenters. The number of rotatable bonds is 6. The largest absolute Gasteiger partial charge is 0.463 e. The Hall–Kier alpha value is -1.39. The fourth-order valence-electron chi connectivity index (χ4n) is 9.48. The van der Waals surface area contributed by atoms with Gasteiger partial charge in [-0.25, -0.2) is 0 Å². The molecule has 4 aliphatic rings. The molecule has 0 radical (unpaired) electrons. The van der Waals surface area contributed by atoms with E-state index < -0.39 is 0 Å². The van der Waals surface area contributed by atoms with E-state index in [9.17, 15) is 14.4 Å². The first-order valence-corrected chi connectivity index (χ1v) is 13.4. The fraction of sp³-hybridized carbons (Fsp3) is 0.893. The lowest BCUT2D eigenvalue weighted by molar-refractivity contribution is -0.201. The molecular formula is C28H44O5. The summed E-state index contributed by atoms with van der Waals surface area (Å²) in [5, 5.41) is 0. The molecule has 186 valence electrons. The third-order valence-electron chi connectivity index (χ3n) is 10.7. The van der Waals surface area contributed by atoms with Crippen LogP contribution in [0, 0.1) is 46.3 Å². The first kappa shape index (κ1) is 24.7. The molecule has 10 atom stereocenters. The van der Waals surface area contributed by atoms with Crippen LogP contribution in [-0.4, -0.2) is 30.4 Å². The highest BCUT2D eigenvalue weighted by atomic mass is 16.5. The van der Waals surface area contributed by atoms with Gasteiger partial charge in [0.1, 0.15) is 18.5 Å². The topological polar surface area (TPSA) is 69.7 Å². The molecule has 5 heteroatoms. The first-order valence-electron chi connectivity index (χ1n) is 13.4. The number of fused-ring (bicyclic) bond motifs is 5. The van der Waals surface area contributed by atoms with Crippen LogP contribution >= 0.6 is 0 Å². The molecule has 0 aliphatic heterocycles. The number of esters is 2. The van der Waals surface area contributed by atoms with Crippen molar-refractivity contribution in [3.8, 4) is 0 Å². The Morgan fingerprint density at radius 3 is 2.39 bits per heavy atom. The van der Waals surface area contributed by atoms with Crippen LogP contribution in [0.15, 0.2) is 0 Å². The average molecular weight is 461 g/mol. The Morgan fingerprint density at radius 1 is 1.00 bits per heavy atom. The highest BCUT2D eigenvalue weighted by Crippen LogP contribution is 2.69. The van der Waals surface area contributed by atoms with Crippen LogP contribution in [0.5, 0.6) is 0 Å². The van der Waals surface area contributed by atoms with Crippen molar-refractivity contribution in [2.45, 2.75) is 111 Å². The van der Waals surface area contributed by atoms with Crippen LogP contribution in [0.2, 0.25) is 0 Å². The van der Waals surface area contributed by atoms with Gasteiger partial charge < -0.3 is 14.3 Å². The third-order valence-corrected chi connectivity index (χ3v) is 10.7. The van der Waals surface area contributed by atoms with E-state index in [1.807, 2.05) is 0 Å². The second-order valence-electron chi connectivity index (χ2n) is 12.3. The maximum Gasteiger partial charge on any atom is 0.302 e. The summed E-state index contributed by atoms with van der Waals surface area (Å²) in [4.78, 5) is 34.8. The van der Waals surface area contributed by atoms with Crippen LogP contribution in [-0.2, 0) is 23.9 Å². The molecule has 0 bridgehead atoms. The fourth-order valence-corrected chi connectivity index (χ4v) is 9.48. The van der Waals surface area contributed by atoms with Crippen molar-refractivity contribution in [2.24, 2.45) is 46.3 Å². The zero-order valence-electron chi connectivity index (χ0n) is 21.3. The molecule has 4 saturated carbocycles. The van der Waals surface area contributed by atoms with Crippen molar-refractivity contribution in [3.63, 3.8) is 0 Å². The van der Waals surface area contributed by atoms with E-state index in [1.165, 1.54) is 32.6 Å². The lowest BCUT2D eigenvalue weighted by atomic mass is 9.43. The van der Waals surface area contributed by atoms with E-state index in [2.05, 4.69) is 20.8 Å². The SMILES string of the molecule is CC(=O)OC1CC[C@@]2(C)C(CC[C@H]3[C@@H]4CC[C@H]([C@H](C)CCC=O)[C@@]4(C)CC(OC(C)=O)[C@@H]32)C1. The Balaban J connectivity index is 1.62. The second kappa shape index (κ2) is 9.34. The van der Waals surface area contributed by atoms with Gasteiger partial charge in [0.15, 0.2) is 0 Å². The summed E-state index contributed by atoms with van der Waals surface area (Å²) in [5.41, 5.74) is 0.296. The highest BCUT2D eigenvalue weighted by molar-refractivity contribution is 5.66. The van der Waals surface area contributed by atoms with Crippen LogP contribution in [0.25, 0.3) is 0 Å². The van der Waals surface area contributed by atoms with Gasteiger partial charge in [0.05, 0.1) is 0 Å². The van der Waals surface area contributed by atoms with Crippen LogP contribution < -0.4 is 0 Å². The van der Waals surface area contributed by atoms with Gasteiger partial charge in [-0.15, -0.1) is 0 Å². The minimum absolute atomic E-state index is 0.0349. The molecule has 0 amide bonds. The van der Waals surface area contributed by atoms with Gasteiger partial charge in [0, 0.05) is 26.2 Å². The Kier molecular flexibility index (Phi) is 7.00. The molecule has 5 nitrogen and oxygen atoms in total. The smallest absolute Gasteiger partial charge is 0.302 e. The van der Waals surface area contributed by atoms with E-state index in [1.54, 1.807) is 6.92 Å². The monoisotopic (exact) mass is 460 g/mol. The molecule has 0 aromatic rings. The predicted molar refractivity (Wildman–Crippen MR) is 126 cm³/mol. The number of hydrogen-bond acceptors (Lipinski definition) is 5. The molecular weight excluding hydrogens is 416 g/mol. The number of ether oxygens (including phenoxy) is 2. The quantitative estimate of drug-likeness (QED) is 0.374. The molecule has 4 rings (SSSR count). The summed E-state index contributed by atoms with van der Waals surface area (Å²) in [6.07, 6.45) is 11.4. The minimum Gasteiger partial charge on any atom is -0.463 e. The standard InChI is InChI=1S/C28H44O5/c1-17(7-6-14-29)23-10-11-24-22-9-8-20-15-21(32-18(2)30)12-13-27(20,4)26(22)25(33-19(3)31)16-28(23,24)5/h14,17,20-26H,6-13,15-16H2,1-5H3/t17-,20?,21?,22+,23-,24+,25?,26-,27+,28-/m1/s1. The summed E-state index contributed by atoms with van der Waals surface area (Å²) in [5.74, 6) is 2.93. The van der Waals surface area contributed by atoms with Gasteiger partial charge in [-0.2, -0.15) is 0 Å². The first-order chi connectivity index (χ1) is 15.6. The van der Waals surface area contributed by atoms with Gasteiger partial charge in [0.2, 0.25) is 0 Å². The van der Waals surface area contributed by atoms with Crippen molar-refractivity contribution in [3.05, 3.63) is 0 Å². The van der Waals surface area contributed by atoms with E-state index in [4.69, 9.17) is 9.47 Å². The maximum absolute atomic E-state index is 12.3. The van der Waals surface area contributed by atoms with E-state index >= 15 is 0 Å². The summed E-state index contributed by atoms with van der Waals surface area (Å²) >= 11 is 0. The van der Waals surface area contributed by atoms with Crippen molar-refractivity contribution < 1.29 is 23.9 Å². The molecule has 4 fully saturated rings. The summed E-state index contributed by atoms with van der Waals surface area (Å²) in [6, 6.07) is 0. The Morgan fingerprint density at radius 2 is 1.73 bits per heavy atom. The minimum atomic E-state index is -0.177. The zero-order valence-corrected chi connectivity index (χ0v) is 21.3. The van der Waals surface area contributed by atoms with Gasteiger partial charge in [-0.3, -0.25) is 9.59 Å². The summed E-state index contributed by atoms with van der Waals surface area (Å²) in [7, 11) is 0. The molecule has 0 saturated heterocycles. The maximum atomic E-state index is 12.3. The molecule has 0 N–H and O–H groups in total. The highest BCUT2D eigenvalue weighted by Gasteiger charge is 2.64. The zero-order chi connectivity index (χ0) is 24.0. The van der Waals surface area contributed by atoms with E-state index in [0.29, 0.717) is 41.9 Å².